The number of nitrogens with one attached hydrogen (secondary N) is 1. The molecule has 1 saturated heterocycles. The van der Waals surface area contributed by atoms with Crippen LogP contribution in [0.5, 0.6) is 0 Å². The fourth-order valence-electron chi connectivity index (χ4n) is 2.53. The molecule has 0 aliphatic carbocycles. The molecule has 1 aliphatic rings. The van der Waals surface area contributed by atoms with Gasteiger partial charge in [-0.05, 0) is 59.9 Å². The molecule has 4 heteroatoms. The summed E-state index contributed by atoms with van der Waals surface area (Å²) < 4.78 is 5.48. The smallest absolute Gasteiger partial charge is 0.410 e. The molecule has 0 aromatic heterocycles. The second-order valence-electron chi connectivity index (χ2n) is 6.71. The Morgan fingerprint density at radius 2 is 2.11 bits per heavy atom. The van der Waals surface area contributed by atoms with Crippen molar-refractivity contribution in [3.05, 3.63) is 0 Å². The summed E-state index contributed by atoms with van der Waals surface area (Å²) in [6, 6.07) is 0.503. The number of hydrogen-bond donors (Lipinski definition) is 1. The molecular weight excluding hydrogens is 240 g/mol. The van der Waals surface area contributed by atoms with Gasteiger partial charge in [-0.25, -0.2) is 4.79 Å². The van der Waals surface area contributed by atoms with Crippen LogP contribution in [0.3, 0.4) is 0 Å². The van der Waals surface area contributed by atoms with Crippen molar-refractivity contribution in [2.75, 3.05) is 20.1 Å². The summed E-state index contributed by atoms with van der Waals surface area (Å²) in [5, 5.41) is 3.28. The van der Waals surface area contributed by atoms with Gasteiger partial charge >= 0.3 is 6.09 Å². The van der Waals surface area contributed by atoms with E-state index in [9.17, 15) is 4.79 Å². The number of amides is 1. The number of ether oxygens (including phenoxy) is 1. The first kappa shape index (κ1) is 16.3. The highest BCUT2D eigenvalue weighted by molar-refractivity contribution is 5.68. The monoisotopic (exact) mass is 270 g/mol. The minimum atomic E-state index is -0.406. The summed E-state index contributed by atoms with van der Waals surface area (Å²) in [6.07, 6.45) is 4.47. The van der Waals surface area contributed by atoms with Crippen LogP contribution < -0.4 is 5.32 Å². The summed E-state index contributed by atoms with van der Waals surface area (Å²) in [5.74, 6) is 0.581. The molecule has 2 unspecified atom stereocenters. The summed E-state index contributed by atoms with van der Waals surface area (Å²) >= 11 is 0. The number of carbonyl (C=O) groups is 1. The van der Waals surface area contributed by atoms with E-state index in [0.29, 0.717) is 12.0 Å². The van der Waals surface area contributed by atoms with Crippen LogP contribution in [0.4, 0.5) is 4.79 Å². The largest absolute Gasteiger partial charge is 0.444 e. The van der Waals surface area contributed by atoms with Crippen molar-refractivity contribution in [3.8, 4) is 0 Å². The molecule has 1 aliphatic heterocycles. The molecule has 1 heterocycles. The Kier molecular flexibility index (Phi) is 6.11. The molecule has 0 spiro atoms. The zero-order chi connectivity index (χ0) is 14.5. The van der Waals surface area contributed by atoms with Gasteiger partial charge in [0.15, 0.2) is 0 Å². The van der Waals surface area contributed by atoms with Gasteiger partial charge in [-0.15, -0.1) is 0 Å². The Labute approximate surface area is 117 Å². The molecule has 0 aromatic rings. The van der Waals surface area contributed by atoms with Gasteiger partial charge in [0.25, 0.3) is 0 Å². The predicted molar refractivity (Wildman–Crippen MR) is 78.3 cm³/mol. The van der Waals surface area contributed by atoms with Crippen LogP contribution in [0.15, 0.2) is 0 Å². The van der Waals surface area contributed by atoms with E-state index < -0.39 is 5.60 Å². The first-order valence-corrected chi connectivity index (χ1v) is 7.47. The van der Waals surface area contributed by atoms with E-state index in [4.69, 9.17) is 4.74 Å². The summed E-state index contributed by atoms with van der Waals surface area (Å²) in [7, 11) is 1.99. The van der Waals surface area contributed by atoms with Gasteiger partial charge in [0, 0.05) is 19.1 Å². The number of hydrogen-bond acceptors (Lipinski definition) is 3. The lowest BCUT2D eigenvalue weighted by Gasteiger charge is -2.29. The quantitative estimate of drug-likeness (QED) is 0.857. The van der Waals surface area contributed by atoms with Crippen molar-refractivity contribution in [3.63, 3.8) is 0 Å². The van der Waals surface area contributed by atoms with E-state index >= 15 is 0 Å². The molecular formula is C15H30N2O2. The normalized spacial score (nSPS) is 22.8. The van der Waals surface area contributed by atoms with E-state index in [1.165, 1.54) is 12.8 Å². The molecule has 1 N–H and O–H groups in total. The van der Waals surface area contributed by atoms with E-state index in [-0.39, 0.29) is 6.09 Å². The number of carbonyl (C=O) groups excluding carboxylic acids is 1. The van der Waals surface area contributed by atoms with Crippen molar-refractivity contribution in [2.45, 2.75) is 65.0 Å². The van der Waals surface area contributed by atoms with Crippen molar-refractivity contribution < 1.29 is 9.53 Å². The average molecular weight is 270 g/mol. The molecule has 4 nitrogen and oxygen atoms in total. The molecule has 1 rings (SSSR count). The zero-order valence-electron chi connectivity index (χ0n) is 13.2. The second-order valence-corrected chi connectivity index (χ2v) is 6.71. The van der Waals surface area contributed by atoms with E-state index in [0.717, 1.165) is 25.9 Å². The van der Waals surface area contributed by atoms with Crippen molar-refractivity contribution in [1.82, 2.24) is 10.2 Å². The molecule has 0 radical (unpaired) electrons. The molecule has 1 fully saturated rings. The van der Waals surface area contributed by atoms with Crippen molar-refractivity contribution >= 4 is 6.09 Å². The summed E-state index contributed by atoms with van der Waals surface area (Å²) in [4.78, 5) is 14.0. The van der Waals surface area contributed by atoms with Gasteiger partial charge in [-0.2, -0.15) is 0 Å². The fourth-order valence-corrected chi connectivity index (χ4v) is 2.53. The van der Waals surface area contributed by atoms with Crippen LogP contribution in [0.2, 0.25) is 0 Å². The lowest BCUT2D eigenvalue weighted by molar-refractivity contribution is 0.0230. The average Bonchev–Trinajstić information content (AvgIpc) is 2.52. The van der Waals surface area contributed by atoms with Crippen LogP contribution in [-0.2, 0) is 4.74 Å². The third-order valence-corrected chi connectivity index (χ3v) is 3.60. The molecule has 112 valence electrons. The maximum absolute atomic E-state index is 12.2. The Morgan fingerprint density at radius 1 is 1.42 bits per heavy atom. The molecule has 2 atom stereocenters. The van der Waals surface area contributed by atoms with Gasteiger partial charge in [0.2, 0.25) is 0 Å². The number of rotatable bonds is 3. The zero-order valence-corrected chi connectivity index (χ0v) is 13.2. The fraction of sp³-hybridized carbons (Fsp3) is 0.933. The molecule has 0 saturated carbocycles. The third-order valence-electron chi connectivity index (χ3n) is 3.60. The minimum Gasteiger partial charge on any atom is -0.444 e. The van der Waals surface area contributed by atoms with Crippen LogP contribution in [0.1, 0.15) is 53.4 Å². The maximum atomic E-state index is 12.2. The Bertz CT molecular complexity index is 286. The van der Waals surface area contributed by atoms with E-state index in [1.807, 2.05) is 32.7 Å². The van der Waals surface area contributed by atoms with Crippen molar-refractivity contribution in [1.29, 1.82) is 0 Å². The van der Waals surface area contributed by atoms with Crippen LogP contribution in [0, 0.1) is 5.92 Å². The molecule has 1 amide bonds. The van der Waals surface area contributed by atoms with Gasteiger partial charge in [-0.3, -0.25) is 0 Å². The molecule has 19 heavy (non-hydrogen) atoms. The Hall–Kier alpha value is -0.770. The third kappa shape index (κ3) is 6.28. The lowest BCUT2D eigenvalue weighted by atomic mass is 9.96. The standard InChI is InChI=1S/C15H30N2O2/c1-12(16-5)10-13-8-6-7-9-17(11-13)14(18)19-15(2,3)4/h12-13,16H,6-11H2,1-5H3. The first-order valence-electron chi connectivity index (χ1n) is 7.47. The van der Waals surface area contributed by atoms with Crippen LogP contribution in [0.25, 0.3) is 0 Å². The highest BCUT2D eigenvalue weighted by Crippen LogP contribution is 2.22. The van der Waals surface area contributed by atoms with Crippen LogP contribution >= 0.6 is 0 Å². The summed E-state index contributed by atoms with van der Waals surface area (Å²) in [6.45, 7) is 9.62. The number of nitrogens with zero attached hydrogens (tertiary/aromatic N) is 1. The van der Waals surface area contributed by atoms with Crippen molar-refractivity contribution in [2.24, 2.45) is 5.92 Å². The lowest BCUT2D eigenvalue weighted by Crippen LogP contribution is -2.40. The highest BCUT2D eigenvalue weighted by Gasteiger charge is 2.26. The predicted octanol–water partition coefficient (Wildman–Crippen LogP) is 3.02. The maximum Gasteiger partial charge on any atom is 0.410 e. The van der Waals surface area contributed by atoms with Crippen LogP contribution in [-0.4, -0.2) is 42.8 Å². The molecule has 0 aromatic carbocycles. The van der Waals surface area contributed by atoms with Gasteiger partial charge in [0.1, 0.15) is 5.60 Å². The minimum absolute atomic E-state index is 0.156. The highest BCUT2D eigenvalue weighted by atomic mass is 16.6. The van der Waals surface area contributed by atoms with E-state index in [1.54, 1.807) is 0 Å². The van der Waals surface area contributed by atoms with E-state index in [2.05, 4.69) is 12.2 Å². The number of likely N-dealkylation sites (tertiary alicyclic amines) is 1. The SMILES string of the molecule is CNC(C)CC1CCCCN(C(=O)OC(C)(C)C)C1. The Morgan fingerprint density at radius 3 is 2.68 bits per heavy atom. The van der Waals surface area contributed by atoms with Gasteiger partial charge < -0.3 is 15.0 Å². The summed E-state index contributed by atoms with van der Waals surface area (Å²) in [5.41, 5.74) is -0.406. The molecule has 0 bridgehead atoms. The topological polar surface area (TPSA) is 41.6 Å². The van der Waals surface area contributed by atoms with Gasteiger partial charge in [0.05, 0.1) is 0 Å². The van der Waals surface area contributed by atoms with Gasteiger partial charge in [-0.1, -0.05) is 6.42 Å². The Balaban J connectivity index is 2.55. The first-order chi connectivity index (χ1) is 8.81. The second kappa shape index (κ2) is 7.13.